The number of rotatable bonds is 5. The molecule has 2 aliphatic carbocycles. The van der Waals surface area contributed by atoms with Crippen molar-refractivity contribution in [2.24, 2.45) is 5.92 Å². The van der Waals surface area contributed by atoms with Crippen LogP contribution in [0.5, 0.6) is 0 Å². The maximum Gasteiger partial charge on any atom is 0.306 e. The smallest absolute Gasteiger partial charge is 0.306 e. The lowest BCUT2D eigenvalue weighted by atomic mass is 10.1. The molecule has 0 aromatic carbocycles. The van der Waals surface area contributed by atoms with Gasteiger partial charge in [0.1, 0.15) is 0 Å². The van der Waals surface area contributed by atoms with Crippen LogP contribution in [-0.4, -0.2) is 35.6 Å². The molecule has 0 spiro atoms. The Morgan fingerprint density at radius 3 is 2.39 bits per heavy atom. The van der Waals surface area contributed by atoms with E-state index in [0.717, 1.165) is 19.3 Å². The number of carboxylic acids is 1. The topological polar surface area (TPSA) is 78.4 Å². The average molecular weight is 254 g/mol. The summed E-state index contributed by atoms with van der Waals surface area (Å²) in [5.41, 5.74) is 0. The third-order valence-corrected chi connectivity index (χ3v) is 4.05. The van der Waals surface area contributed by atoms with E-state index in [1.54, 1.807) is 0 Å². The molecule has 0 aromatic rings. The van der Waals surface area contributed by atoms with Gasteiger partial charge in [0, 0.05) is 12.1 Å². The summed E-state index contributed by atoms with van der Waals surface area (Å²) in [5, 5.41) is 15.1. The number of carboxylic acid groups (broad SMARTS) is 1. The molecule has 0 saturated heterocycles. The predicted octanol–water partition coefficient (Wildman–Crippen LogP) is 0.888. The first-order valence-electron chi connectivity index (χ1n) is 6.90. The van der Waals surface area contributed by atoms with E-state index in [1.165, 1.54) is 12.8 Å². The van der Waals surface area contributed by atoms with E-state index in [1.807, 2.05) is 0 Å². The number of carbonyl (C=O) groups is 2. The molecule has 102 valence electrons. The molecule has 0 radical (unpaired) electrons. The summed E-state index contributed by atoms with van der Waals surface area (Å²) in [6.07, 6.45) is 6.87. The normalized spacial score (nSPS) is 28.4. The Bertz CT molecular complexity index is 313. The van der Waals surface area contributed by atoms with Gasteiger partial charge in [0.25, 0.3) is 0 Å². The lowest BCUT2D eigenvalue weighted by Crippen LogP contribution is -2.42. The van der Waals surface area contributed by atoms with Gasteiger partial charge in [-0.3, -0.25) is 9.59 Å². The maximum absolute atomic E-state index is 11.7. The fourth-order valence-corrected chi connectivity index (χ4v) is 2.98. The number of hydrogen-bond acceptors (Lipinski definition) is 3. The molecule has 2 fully saturated rings. The Labute approximate surface area is 107 Å². The van der Waals surface area contributed by atoms with Crippen molar-refractivity contribution in [2.75, 3.05) is 6.54 Å². The van der Waals surface area contributed by atoms with Crippen molar-refractivity contribution < 1.29 is 14.7 Å². The highest BCUT2D eigenvalue weighted by Gasteiger charge is 2.30. The van der Waals surface area contributed by atoms with Crippen LogP contribution in [0.2, 0.25) is 0 Å². The zero-order valence-corrected chi connectivity index (χ0v) is 10.7. The first-order valence-corrected chi connectivity index (χ1v) is 6.90. The van der Waals surface area contributed by atoms with Crippen molar-refractivity contribution in [1.29, 1.82) is 0 Å². The number of amides is 1. The van der Waals surface area contributed by atoms with Crippen molar-refractivity contribution in [1.82, 2.24) is 10.6 Å². The highest BCUT2D eigenvalue weighted by Crippen LogP contribution is 2.25. The second kappa shape index (κ2) is 6.18. The minimum Gasteiger partial charge on any atom is -0.481 e. The summed E-state index contributed by atoms with van der Waals surface area (Å²) >= 11 is 0. The van der Waals surface area contributed by atoms with Gasteiger partial charge >= 0.3 is 5.97 Å². The molecule has 0 bridgehead atoms. The second-order valence-corrected chi connectivity index (χ2v) is 5.47. The van der Waals surface area contributed by atoms with Gasteiger partial charge in [0.2, 0.25) is 5.91 Å². The molecule has 1 amide bonds. The Hall–Kier alpha value is -1.10. The molecular weight excluding hydrogens is 232 g/mol. The van der Waals surface area contributed by atoms with Crippen molar-refractivity contribution in [3.8, 4) is 0 Å². The number of aliphatic carboxylic acids is 1. The van der Waals surface area contributed by atoms with Crippen LogP contribution in [0.15, 0.2) is 0 Å². The van der Waals surface area contributed by atoms with E-state index in [9.17, 15) is 9.59 Å². The standard InChI is InChI=1S/C13H22N2O3/c16-12(8-14-10-3-1-2-4-10)15-11-6-5-9(7-11)13(17)18/h9-11,14H,1-8H2,(H,15,16)(H,17,18). The minimum absolute atomic E-state index is 0.00191. The lowest BCUT2D eigenvalue weighted by Gasteiger charge is -2.15. The number of hydrogen-bond donors (Lipinski definition) is 3. The predicted molar refractivity (Wildman–Crippen MR) is 67.2 cm³/mol. The lowest BCUT2D eigenvalue weighted by molar-refractivity contribution is -0.141. The van der Waals surface area contributed by atoms with Crippen LogP contribution < -0.4 is 10.6 Å². The molecule has 2 unspecified atom stereocenters. The highest BCUT2D eigenvalue weighted by atomic mass is 16.4. The van der Waals surface area contributed by atoms with Crippen LogP contribution in [-0.2, 0) is 9.59 Å². The highest BCUT2D eigenvalue weighted by molar-refractivity contribution is 5.78. The summed E-state index contributed by atoms with van der Waals surface area (Å²) in [7, 11) is 0. The summed E-state index contributed by atoms with van der Waals surface area (Å²) < 4.78 is 0. The largest absolute Gasteiger partial charge is 0.481 e. The Morgan fingerprint density at radius 1 is 1.06 bits per heavy atom. The van der Waals surface area contributed by atoms with E-state index in [2.05, 4.69) is 10.6 Å². The summed E-state index contributed by atoms with van der Waals surface area (Å²) in [6.45, 7) is 0.360. The number of carbonyl (C=O) groups excluding carboxylic acids is 1. The average Bonchev–Trinajstić information content (AvgIpc) is 2.96. The molecule has 3 N–H and O–H groups in total. The molecule has 0 aliphatic heterocycles. The van der Waals surface area contributed by atoms with E-state index >= 15 is 0 Å². The molecule has 5 heteroatoms. The quantitative estimate of drug-likeness (QED) is 0.681. The molecule has 2 saturated carbocycles. The third kappa shape index (κ3) is 3.70. The molecule has 0 heterocycles. The SMILES string of the molecule is O=C(CNC1CCCC1)NC1CCC(C(=O)O)C1. The molecule has 5 nitrogen and oxygen atoms in total. The number of nitrogens with one attached hydrogen (secondary N) is 2. The van der Waals surface area contributed by atoms with E-state index in [0.29, 0.717) is 25.4 Å². The summed E-state index contributed by atoms with van der Waals surface area (Å²) in [6, 6.07) is 0.537. The summed E-state index contributed by atoms with van der Waals surface area (Å²) in [4.78, 5) is 22.5. The van der Waals surface area contributed by atoms with Gasteiger partial charge in [0.05, 0.1) is 12.5 Å². The van der Waals surface area contributed by atoms with E-state index in [4.69, 9.17) is 5.11 Å². The van der Waals surface area contributed by atoms with Crippen LogP contribution in [0.4, 0.5) is 0 Å². The van der Waals surface area contributed by atoms with Gasteiger partial charge in [-0.15, -0.1) is 0 Å². The van der Waals surface area contributed by atoms with E-state index in [-0.39, 0.29) is 17.9 Å². The van der Waals surface area contributed by atoms with Crippen LogP contribution in [0.3, 0.4) is 0 Å². The third-order valence-electron chi connectivity index (χ3n) is 4.05. The van der Waals surface area contributed by atoms with Crippen LogP contribution in [0.1, 0.15) is 44.9 Å². The van der Waals surface area contributed by atoms with Crippen molar-refractivity contribution in [2.45, 2.75) is 57.0 Å². The van der Waals surface area contributed by atoms with Crippen LogP contribution in [0.25, 0.3) is 0 Å². The fourth-order valence-electron chi connectivity index (χ4n) is 2.98. The van der Waals surface area contributed by atoms with Crippen LogP contribution in [0, 0.1) is 5.92 Å². The molecule has 2 atom stereocenters. The van der Waals surface area contributed by atoms with Gasteiger partial charge in [-0.1, -0.05) is 12.8 Å². The van der Waals surface area contributed by atoms with Gasteiger partial charge in [-0.2, -0.15) is 0 Å². The monoisotopic (exact) mass is 254 g/mol. The van der Waals surface area contributed by atoms with Crippen molar-refractivity contribution in [3.05, 3.63) is 0 Å². The fraction of sp³-hybridized carbons (Fsp3) is 0.846. The maximum atomic E-state index is 11.7. The van der Waals surface area contributed by atoms with Crippen molar-refractivity contribution >= 4 is 11.9 Å². The molecule has 2 rings (SSSR count). The zero-order chi connectivity index (χ0) is 13.0. The van der Waals surface area contributed by atoms with Gasteiger partial charge in [-0.05, 0) is 32.1 Å². The van der Waals surface area contributed by atoms with Gasteiger partial charge < -0.3 is 15.7 Å². The summed E-state index contributed by atoms with van der Waals surface area (Å²) in [5.74, 6) is -1.02. The van der Waals surface area contributed by atoms with E-state index < -0.39 is 5.97 Å². The minimum atomic E-state index is -0.740. The molecule has 0 aromatic heterocycles. The van der Waals surface area contributed by atoms with Crippen molar-refractivity contribution in [3.63, 3.8) is 0 Å². The Kier molecular flexibility index (Phi) is 4.58. The molecule has 18 heavy (non-hydrogen) atoms. The van der Waals surface area contributed by atoms with Crippen LogP contribution >= 0.6 is 0 Å². The Balaban J connectivity index is 1.63. The second-order valence-electron chi connectivity index (χ2n) is 5.47. The first-order chi connectivity index (χ1) is 8.65. The van der Waals surface area contributed by atoms with Gasteiger partial charge in [-0.25, -0.2) is 0 Å². The first kappa shape index (κ1) is 13.3. The Morgan fingerprint density at radius 2 is 1.78 bits per heavy atom. The zero-order valence-electron chi connectivity index (χ0n) is 10.7. The molecular formula is C13H22N2O3. The van der Waals surface area contributed by atoms with Gasteiger partial charge in [0.15, 0.2) is 0 Å². The molecule has 2 aliphatic rings.